The normalized spacial score (nSPS) is 17.2. The van der Waals surface area contributed by atoms with Gasteiger partial charge >= 0.3 is 0 Å². The van der Waals surface area contributed by atoms with Gasteiger partial charge < -0.3 is 10.5 Å². The van der Waals surface area contributed by atoms with Crippen molar-refractivity contribution < 1.29 is 4.74 Å². The van der Waals surface area contributed by atoms with Crippen molar-refractivity contribution in [3.63, 3.8) is 0 Å². The van der Waals surface area contributed by atoms with Crippen molar-refractivity contribution in [1.29, 1.82) is 0 Å². The molecule has 2 nitrogen and oxygen atoms in total. The zero-order valence-corrected chi connectivity index (χ0v) is 14.3. The third-order valence-electron chi connectivity index (χ3n) is 3.97. The van der Waals surface area contributed by atoms with Gasteiger partial charge in [0.2, 0.25) is 0 Å². The molecule has 1 heterocycles. The van der Waals surface area contributed by atoms with E-state index in [0.29, 0.717) is 11.6 Å². The van der Waals surface area contributed by atoms with Crippen molar-refractivity contribution >= 4 is 27.5 Å². The van der Waals surface area contributed by atoms with Gasteiger partial charge in [-0.25, -0.2) is 0 Å². The maximum absolute atomic E-state index is 6.42. The predicted molar refractivity (Wildman–Crippen MR) is 90.1 cm³/mol. The summed E-state index contributed by atoms with van der Waals surface area (Å²) < 4.78 is 6.70. The van der Waals surface area contributed by atoms with E-state index in [1.807, 2.05) is 30.3 Å². The van der Waals surface area contributed by atoms with Gasteiger partial charge in [0, 0.05) is 20.5 Å². The Kier molecular flexibility index (Phi) is 3.76. The first-order chi connectivity index (χ1) is 9.88. The summed E-state index contributed by atoms with van der Waals surface area (Å²) >= 11 is 9.76. The van der Waals surface area contributed by atoms with Gasteiger partial charge in [0.15, 0.2) is 0 Å². The lowest BCUT2D eigenvalue weighted by Gasteiger charge is -2.19. The summed E-state index contributed by atoms with van der Waals surface area (Å²) in [4.78, 5) is 0. The van der Waals surface area contributed by atoms with Crippen LogP contribution in [0.3, 0.4) is 0 Å². The number of nitrogens with two attached hydrogens (primary N) is 1. The topological polar surface area (TPSA) is 35.2 Å². The van der Waals surface area contributed by atoms with Crippen LogP contribution in [0.1, 0.15) is 36.6 Å². The molecule has 0 saturated carbocycles. The summed E-state index contributed by atoms with van der Waals surface area (Å²) in [6.45, 7) is 5.07. The Morgan fingerprint density at radius 1 is 1.24 bits per heavy atom. The monoisotopic (exact) mass is 365 g/mol. The first kappa shape index (κ1) is 14.9. The Labute approximate surface area is 138 Å². The minimum Gasteiger partial charge on any atom is -0.492 e. The van der Waals surface area contributed by atoms with E-state index in [-0.39, 0.29) is 11.5 Å². The van der Waals surface area contributed by atoms with Crippen molar-refractivity contribution in [2.75, 3.05) is 6.61 Å². The number of benzene rings is 2. The van der Waals surface area contributed by atoms with E-state index in [9.17, 15) is 0 Å². The summed E-state index contributed by atoms with van der Waals surface area (Å²) in [6.07, 6.45) is 0. The fourth-order valence-corrected chi connectivity index (χ4v) is 3.28. The Morgan fingerprint density at radius 2 is 2.00 bits per heavy atom. The Hall–Kier alpha value is -1.03. The van der Waals surface area contributed by atoms with Gasteiger partial charge in [0.25, 0.3) is 0 Å². The van der Waals surface area contributed by atoms with Crippen LogP contribution in [0.4, 0.5) is 0 Å². The Balaban J connectivity index is 2.03. The van der Waals surface area contributed by atoms with E-state index in [1.165, 1.54) is 5.56 Å². The van der Waals surface area contributed by atoms with E-state index in [2.05, 4.69) is 35.8 Å². The molecule has 2 aromatic rings. The summed E-state index contributed by atoms with van der Waals surface area (Å²) in [5.74, 6) is 0.955. The summed E-state index contributed by atoms with van der Waals surface area (Å²) in [5.41, 5.74) is 9.62. The van der Waals surface area contributed by atoms with Gasteiger partial charge in [0.1, 0.15) is 5.75 Å². The maximum atomic E-state index is 6.42. The van der Waals surface area contributed by atoms with E-state index in [4.69, 9.17) is 22.1 Å². The van der Waals surface area contributed by atoms with Crippen LogP contribution in [0.15, 0.2) is 40.9 Å². The van der Waals surface area contributed by atoms with Gasteiger partial charge in [-0.1, -0.05) is 47.4 Å². The fourth-order valence-electron chi connectivity index (χ4n) is 2.66. The van der Waals surface area contributed by atoms with Crippen molar-refractivity contribution in [2.24, 2.45) is 5.73 Å². The molecule has 2 aromatic carbocycles. The molecule has 1 aliphatic heterocycles. The molecular weight excluding hydrogens is 350 g/mol. The number of fused-ring (bicyclic) bond motifs is 1. The third kappa shape index (κ3) is 2.70. The van der Waals surface area contributed by atoms with Crippen LogP contribution in [0, 0.1) is 0 Å². The average Bonchev–Trinajstić information content (AvgIpc) is 2.76. The largest absolute Gasteiger partial charge is 0.492 e. The summed E-state index contributed by atoms with van der Waals surface area (Å²) in [6, 6.07) is 11.7. The van der Waals surface area contributed by atoms with Crippen LogP contribution < -0.4 is 10.5 Å². The van der Waals surface area contributed by atoms with Gasteiger partial charge in [-0.15, -0.1) is 0 Å². The highest BCUT2D eigenvalue weighted by atomic mass is 79.9. The van der Waals surface area contributed by atoms with E-state index in [0.717, 1.165) is 21.3 Å². The minimum atomic E-state index is -0.253. The molecule has 1 unspecified atom stereocenters. The predicted octanol–water partition coefficient (Wildman–Crippen LogP) is 4.82. The molecule has 0 radical (unpaired) electrons. The molecule has 0 aromatic heterocycles. The third-order valence-corrected chi connectivity index (χ3v) is 4.81. The van der Waals surface area contributed by atoms with Gasteiger partial charge in [-0.2, -0.15) is 0 Å². The van der Waals surface area contributed by atoms with Crippen LogP contribution >= 0.6 is 27.5 Å². The molecule has 0 bridgehead atoms. The van der Waals surface area contributed by atoms with Crippen LogP contribution in [0.25, 0.3) is 0 Å². The van der Waals surface area contributed by atoms with E-state index >= 15 is 0 Å². The first-order valence-electron chi connectivity index (χ1n) is 6.86. The second-order valence-corrected chi connectivity index (χ2v) is 7.39. The summed E-state index contributed by atoms with van der Waals surface area (Å²) in [5, 5.41) is 0.682. The molecule has 0 amide bonds. The Bertz CT molecular complexity index is 699. The fraction of sp³-hybridized carbons (Fsp3) is 0.294. The lowest BCUT2D eigenvalue weighted by atomic mass is 9.85. The molecule has 4 heteroatoms. The molecule has 1 atom stereocenters. The lowest BCUT2D eigenvalue weighted by Crippen LogP contribution is -2.19. The SMILES string of the molecule is CC1(C)COc2ccc(C(N)c3cc(Br)ccc3Cl)cc21. The zero-order valence-electron chi connectivity index (χ0n) is 12.0. The molecule has 1 aliphatic rings. The number of hydrogen-bond acceptors (Lipinski definition) is 2. The average molecular weight is 367 g/mol. The number of hydrogen-bond donors (Lipinski definition) is 1. The number of halogens is 2. The van der Waals surface area contributed by atoms with E-state index in [1.54, 1.807) is 0 Å². The molecular formula is C17H17BrClNO. The molecule has 0 fully saturated rings. The first-order valence-corrected chi connectivity index (χ1v) is 8.03. The highest BCUT2D eigenvalue weighted by Gasteiger charge is 2.32. The minimum absolute atomic E-state index is 0.0200. The highest BCUT2D eigenvalue weighted by Crippen LogP contribution is 2.40. The van der Waals surface area contributed by atoms with Crippen LogP contribution in [-0.2, 0) is 5.41 Å². The molecule has 0 spiro atoms. The number of rotatable bonds is 2. The van der Waals surface area contributed by atoms with Crippen molar-refractivity contribution in [1.82, 2.24) is 0 Å². The van der Waals surface area contributed by atoms with Gasteiger partial charge in [0.05, 0.1) is 12.6 Å². The number of ether oxygens (including phenoxy) is 1. The van der Waals surface area contributed by atoms with Crippen LogP contribution in [0.5, 0.6) is 5.75 Å². The molecule has 3 rings (SSSR count). The quantitative estimate of drug-likeness (QED) is 0.827. The van der Waals surface area contributed by atoms with Crippen molar-refractivity contribution in [2.45, 2.75) is 25.3 Å². The zero-order chi connectivity index (χ0) is 15.2. The molecule has 110 valence electrons. The highest BCUT2D eigenvalue weighted by molar-refractivity contribution is 9.10. The molecule has 0 aliphatic carbocycles. The molecule has 2 N–H and O–H groups in total. The molecule has 21 heavy (non-hydrogen) atoms. The second kappa shape index (κ2) is 5.31. The standard InChI is InChI=1S/C17H17BrClNO/c1-17(2)9-21-15-6-3-10(7-13(15)17)16(20)12-8-11(18)4-5-14(12)19/h3-8,16H,9,20H2,1-2H3. The van der Waals surface area contributed by atoms with Crippen LogP contribution in [-0.4, -0.2) is 6.61 Å². The smallest absolute Gasteiger partial charge is 0.123 e. The molecule has 0 saturated heterocycles. The van der Waals surface area contributed by atoms with Crippen LogP contribution in [0.2, 0.25) is 5.02 Å². The summed E-state index contributed by atoms with van der Waals surface area (Å²) in [7, 11) is 0. The van der Waals surface area contributed by atoms with Crippen molar-refractivity contribution in [3.8, 4) is 5.75 Å². The van der Waals surface area contributed by atoms with E-state index < -0.39 is 0 Å². The van der Waals surface area contributed by atoms with Gasteiger partial charge in [-0.3, -0.25) is 0 Å². The lowest BCUT2D eigenvalue weighted by molar-refractivity contribution is 0.291. The van der Waals surface area contributed by atoms with Crippen molar-refractivity contribution in [3.05, 3.63) is 62.6 Å². The Morgan fingerprint density at radius 3 is 2.76 bits per heavy atom. The van der Waals surface area contributed by atoms with Gasteiger partial charge in [-0.05, 0) is 41.5 Å². The second-order valence-electron chi connectivity index (χ2n) is 6.07. The maximum Gasteiger partial charge on any atom is 0.123 e.